The summed E-state index contributed by atoms with van der Waals surface area (Å²) in [6, 6.07) is 9.79. The largest absolute Gasteiger partial charge is 0.508 e. The maximum absolute atomic E-state index is 11.1. The van der Waals surface area contributed by atoms with Crippen molar-refractivity contribution in [3.05, 3.63) is 63.5 Å². The minimum atomic E-state index is -0.472. The number of nitro benzene ring substituents is 1. The van der Waals surface area contributed by atoms with Crippen LogP contribution >= 0.6 is 0 Å². The van der Waals surface area contributed by atoms with Crippen LogP contribution in [-0.2, 0) is 38.7 Å². The standard InChI is InChI=1S/C22H29N3O7/c26-22-5-4-21(25(27)28)14-18(22)15-24-6-8-29-10-12-31-16-19-2-1-3-20(23-19)17-32-13-11-30-9-7-24/h1-5,14,26H,6-13,15-17H2. The summed E-state index contributed by atoms with van der Waals surface area (Å²) in [5, 5.41) is 21.2. The van der Waals surface area contributed by atoms with Crippen molar-refractivity contribution in [2.75, 3.05) is 52.7 Å². The molecule has 10 heteroatoms. The quantitative estimate of drug-likeness (QED) is 0.559. The third-order valence-corrected chi connectivity index (χ3v) is 4.88. The monoisotopic (exact) mass is 447 g/mol. The molecule has 1 aliphatic heterocycles. The van der Waals surface area contributed by atoms with Crippen molar-refractivity contribution in [3.8, 4) is 5.75 Å². The lowest BCUT2D eigenvalue weighted by atomic mass is 10.1. The Morgan fingerprint density at radius 2 is 1.50 bits per heavy atom. The molecule has 32 heavy (non-hydrogen) atoms. The van der Waals surface area contributed by atoms with Gasteiger partial charge in [-0.1, -0.05) is 6.07 Å². The summed E-state index contributed by atoms with van der Waals surface area (Å²) in [5.74, 6) is 0.0236. The molecule has 2 bridgehead atoms. The summed E-state index contributed by atoms with van der Waals surface area (Å²) < 4.78 is 22.6. The second kappa shape index (κ2) is 13.0. The highest BCUT2D eigenvalue weighted by atomic mass is 16.6. The molecule has 0 saturated carbocycles. The second-order valence-corrected chi connectivity index (χ2v) is 7.30. The number of ether oxygens (including phenoxy) is 4. The van der Waals surface area contributed by atoms with Gasteiger partial charge >= 0.3 is 0 Å². The molecular formula is C22H29N3O7. The number of rotatable bonds is 3. The van der Waals surface area contributed by atoms with Crippen LogP contribution in [0.3, 0.4) is 0 Å². The molecule has 2 aromatic rings. The van der Waals surface area contributed by atoms with Crippen molar-refractivity contribution in [3.63, 3.8) is 0 Å². The van der Waals surface area contributed by atoms with Crippen molar-refractivity contribution < 1.29 is 29.0 Å². The Bertz CT molecular complexity index is 832. The maximum Gasteiger partial charge on any atom is 0.270 e. The third-order valence-electron chi connectivity index (χ3n) is 4.88. The van der Waals surface area contributed by atoms with Crippen LogP contribution < -0.4 is 0 Å². The van der Waals surface area contributed by atoms with Gasteiger partial charge in [-0.05, 0) is 18.2 Å². The van der Waals surface area contributed by atoms with Gasteiger partial charge in [0.05, 0.1) is 69.2 Å². The fourth-order valence-electron chi connectivity index (χ4n) is 3.19. The van der Waals surface area contributed by atoms with E-state index < -0.39 is 4.92 Å². The lowest BCUT2D eigenvalue weighted by Crippen LogP contribution is -2.31. The second-order valence-electron chi connectivity index (χ2n) is 7.30. The molecule has 10 nitrogen and oxygen atoms in total. The van der Waals surface area contributed by atoms with Gasteiger partial charge in [0.15, 0.2) is 0 Å². The average Bonchev–Trinajstić information content (AvgIpc) is 2.78. The Labute approximate surface area is 186 Å². The Kier molecular flexibility index (Phi) is 9.79. The highest BCUT2D eigenvalue weighted by Gasteiger charge is 2.14. The van der Waals surface area contributed by atoms with Crippen LogP contribution in [0.15, 0.2) is 36.4 Å². The van der Waals surface area contributed by atoms with E-state index in [-0.39, 0.29) is 11.4 Å². The number of hydrogen-bond acceptors (Lipinski definition) is 9. The lowest BCUT2D eigenvalue weighted by molar-refractivity contribution is -0.385. The first-order chi connectivity index (χ1) is 15.6. The zero-order valence-electron chi connectivity index (χ0n) is 18.0. The number of hydrogen-bond donors (Lipinski definition) is 1. The molecule has 0 spiro atoms. The van der Waals surface area contributed by atoms with Gasteiger partial charge in [0.1, 0.15) is 5.75 Å². The first-order valence-corrected chi connectivity index (χ1v) is 10.6. The predicted molar refractivity (Wildman–Crippen MR) is 115 cm³/mol. The average molecular weight is 447 g/mol. The van der Waals surface area contributed by atoms with E-state index in [1.54, 1.807) is 0 Å². The lowest BCUT2D eigenvalue weighted by Gasteiger charge is -2.23. The minimum Gasteiger partial charge on any atom is -0.508 e. The van der Waals surface area contributed by atoms with E-state index >= 15 is 0 Å². The topological polar surface area (TPSA) is 116 Å². The molecule has 0 unspecified atom stereocenters. The van der Waals surface area contributed by atoms with Crippen molar-refractivity contribution in [1.82, 2.24) is 9.88 Å². The van der Waals surface area contributed by atoms with Crippen molar-refractivity contribution >= 4 is 5.69 Å². The van der Waals surface area contributed by atoms with Crippen molar-refractivity contribution in [1.29, 1.82) is 0 Å². The molecule has 1 aromatic heterocycles. The van der Waals surface area contributed by atoms with Crippen LogP contribution in [0.4, 0.5) is 5.69 Å². The molecule has 0 atom stereocenters. The van der Waals surface area contributed by atoms with Gasteiger partial charge in [-0.2, -0.15) is 0 Å². The summed E-state index contributed by atoms with van der Waals surface area (Å²) in [7, 11) is 0. The summed E-state index contributed by atoms with van der Waals surface area (Å²) in [6.45, 7) is 4.96. The van der Waals surface area contributed by atoms with Crippen LogP contribution in [-0.4, -0.2) is 72.6 Å². The number of non-ortho nitro benzene ring substituents is 1. The van der Waals surface area contributed by atoms with E-state index in [1.165, 1.54) is 18.2 Å². The number of phenolic OH excluding ortho intramolecular Hbond substituents is 1. The van der Waals surface area contributed by atoms with Crippen LogP contribution in [0, 0.1) is 10.1 Å². The van der Waals surface area contributed by atoms with Gasteiger partial charge < -0.3 is 24.1 Å². The number of pyridine rings is 1. The van der Waals surface area contributed by atoms with E-state index in [4.69, 9.17) is 18.9 Å². The number of aromatic nitrogens is 1. The first-order valence-electron chi connectivity index (χ1n) is 10.6. The SMILES string of the molecule is O=[N+]([O-])c1ccc(O)c(CN2CCOCCOCc3cccc(n3)COCCOCC2)c1. The van der Waals surface area contributed by atoms with Gasteiger partial charge in [0, 0.05) is 37.3 Å². The van der Waals surface area contributed by atoms with Crippen molar-refractivity contribution in [2.24, 2.45) is 0 Å². The normalized spacial score (nSPS) is 17.9. The van der Waals surface area contributed by atoms with E-state index in [1.807, 2.05) is 23.1 Å². The van der Waals surface area contributed by atoms with Gasteiger partial charge in [0.2, 0.25) is 0 Å². The van der Waals surface area contributed by atoms with Crippen LogP contribution in [0.5, 0.6) is 5.75 Å². The van der Waals surface area contributed by atoms with Gasteiger partial charge in [-0.15, -0.1) is 0 Å². The molecule has 0 fully saturated rings. The molecule has 0 radical (unpaired) electrons. The minimum absolute atomic E-state index is 0.0236. The number of phenols is 1. The summed E-state index contributed by atoms with van der Waals surface area (Å²) in [4.78, 5) is 17.1. The number of nitrogens with zero attached hydrogens (tertiary/aromatic N) is 3. The number of nitro groups is 1. The van der Waals surface area contributed by atoms with E-state index in [0.29, 0.717) is 78.1 Å². The zero-order valence-corrected chi connectivity index (χ0v) is 18.0. The molecule has 2 heterocycles. The highest BCUT2D eigenvalue weighted by molar-refractivity contribution is 5.42. The maximum atomic E-state index is 11.1. The molecule has 0 aliphatic carbocycles. The Morgan fingerprint density at radius 3 is 2.09 bits per heavy atom. The molecule has 1 N–H and O–H groups in total. The first kappa shape index (κ1) is 24.0. The Morgan fingerprint density at radius 1 is 0.906 bits per heavy atom. The molecule has 1 aromatic carbocycles. The number of benzene rings is 1. The Balaban J connectivity index is 1.56. The molecule has 0 amide bonds. The summed E-state index contributed by atoms with van der Waals surface area (Å²) in [5.41, 5.74) is 2.11. The molecule has 174 valence electrons. The van der Waals surface area contributed by atoms with E-state index in [2.05, 4.69) is 4.98 Å². The molecular weight excluding hydrogens is 418 g/mol. The van der Waals surface area contributed by atoms with Gasteiger partial charge in [-0.3, -0.25) is 20.0 Å². The van der Waals surface area contributed by atoms with E-state index in [9.17, 15) is 15.2 Å². The number of fused-ring (bicyclic) bond motifs is 2. The highest BCUT2D eigenvalue weighted by Crippen LogP contribution is 2.24. The number of aromatic hydroxyl groups is 1. The van der Waals surface area contributed by atoms with Crippen LogP contribution in [0.25, 0.3) is 0 Å². The summed E-state index contributed by atoms with van der Waals surface area (Å²) in [6.07, 6.45) is 0. The summed E-state index contributed by atoms with van der Waals surface area (Å²) >= 11 is 0. The zero-order chi connectivity index (χ0) is 22.6. The fraction of sp³-hybridized carbons (Fsp3) is 0.500. The van der Waals surface area contributed by atoms with Gasteiger partial charge in [0.25, 0.3) is 5.69 Å². The molecule has 1 aliphatic rings. The van der Waals surface area contributed by atoms with Crippen molar-refractivity contribution in [2.45, 2.75) is 19.8 Å². The van der Waals surface area contributed by atoms with E-state index in [0.717, 1.165) is 11.4 Å². The Hall–Kier alpha value is -2.63. The molecule has 3 rings (SSSR count). The van der Waals surface area contributed by atoms with Gasteiger partial charge in [-0.25, -0.2) is 0 Å². The van der Waals surface area contributed by atoms with Crippen LogP contribution in [0.1, 0.15) is 17.0 Å². The van der Waals surface area contributed by atoms with Crippen LogP contribution in [0.2, 0.25) is 0 Å². The molecule has 0 saturated heterocycles. The fourth-order valence-corrected chi connectivity index (χ4v) is 3.19. The third kappa shape index (κ3) is 8.13. The predicted octanol–water partition coefficient (Wildman–Crippen LogP) is 2.28. The smallest absolute Gasteiger partial charge is 0.270 e.